The quantitative estimate of drug-likeness (QED) is 0.219. The van der Waals surface area contributed by atoms with Crippen molar-refractivity contribution in [3.8, 4) is 0 Å². The van der Waals surface area contributed by atoms with Crippen LogP contribution < -0.4 is 11.2 Å². The van der Waals surface area contributed by atoms with Crippen LogP contribution in [0.1, 0.15) is 6.23 Å². The monoisotopic (exact) mass is 317 g/mol. The molecule has 1 aromatic heterocycles. The molecule has 0 aliphatic carbocycles. The highest BCUT2D eigenvalue weighted by Gasteiger charge is 2.28. The number of methoxy groups -OCH3 is 2. The predicted molar refractivity (Wildman–Crippen MR) is 75.3 cm³/mol. The Morgan fingerprint density at radius 2 is 2.14 bits per heavy atom. The molecule has 1 aromatic rings. The van der Waals surface area contributed by atoms with Crippen LogP contribution in [0.25, 0.3) is 0 Å². The third-order valence-electron chi connectivity index (χ3n) is 2.82. The molecule has 0 fully saturated rings. The van der Waals surface area contributed by atoms with Crippen LogP contribution in [0.3, 0.4) is 0 Å². The lowest BCUT2D eigenvalue weighted by molar-refractivity contribution is 0.0000323. The third kappa shape index (κ3) is 4.49. The molecule has 0 bridgehead atoms. The molecule has 1 heterocycles. The van der Waals surface area contributed by atoms with Crippen molar-refractivity contribution in [1.29, 1.82) is 0 Å². The lowest BCUT2D eigenvalue weighted by atomic mass is 10.2. The van der Waals surface area contributed by atoms with E-state index in [-0.39, 0.29) is 18.9 Å². The maximum atomic E-state index is 11.9. The molecule has 10 nitrogen and oxygen atoms in total. The number of ether oxygens (including phenoxy) is 3. The fraction of sp³-hybridized carbons (Fsp3) is 0.583. The number of oxime groups is 1. The van der Waals surface area contributed by atoms with E-state index in [1.54, 1.807) is 0 Å². The van der Waals surface area contributed by atoms with Gasteiger partial charge >= 0.3 is 5.69 Å². The van der Waals surface area contributed by atoms with Crippen LogP contribution in [0, 0.1) is 0 Å². The number of aliphatic hydroxyl groups is 1. The number of nitrogens with zero attached hydrogens (tertiary/aromatic N) is 2. The summed E-state index contributed by atoms with van der Waals surface area (Å²) in [5, 5.41) is 21.5. The zero-order valence-electron chi connectivity index (χ0n) is 12.3. The number of hydrogen-bond acceptors (Lipinski definition) is 8. The van der Waals surface area contributed by atoms with E-state index >= 15 is 0 Å². The second-order valence-corrected chi connectivity index (χ2v) is 4.17. The Labute approximate surface area is 125 Å². The normalized spacial score (nSPS) is 14.8. The minimum absolute atomic E-state index is 0.0770. The highest BCUT2D eigenvalue weighted by Crippen LogP contribution is 2.13. The predicted octanol–water partition coefficient (Wildman–Crippen LogP) is -1.46. The summed E-state index contributed by atoms with van der Waals surface area (Å²) in [6.07, 6.45) is -0.980. The number of H-pyrrole nitrogens is 1. The number of rotatable bonds is 9. The van der Waals surface area contributed by atoms with Crippen molar-refractivity contribution in [2.45, 2.75) is 12.3 Å². The highest BCUT2D eigenvalue weighted by atomic mass is 16.5. The van der Waals surface area contributed by atoms with Gasteiger partial charge in [0, 0.05) is 26.5 Å². The largest absolute Gasteiger partial charge is 0.411 e. The molecule has 0 aromatic carbocycles. The molecule has 0 aliphatic heterocycles. The van der Waals surface area contributed by atoms with E-state index in [0.29, 0.717) is 0 Å². The lowest BCUT2D eigenvalue weighted by Crippen LogP contribution is -2.42. The summed E-state index contributed by atoms with van der Waals surface area (Å²) in [5.74, 6) is 0. The van der Waals surface area contributed by atoms with Crippen LogP contribution in [0.4, 0.5) is 0 Å². The molecule has 1 rings (SSSR count). The molecule has 0 unspecified atom stereocenters. The van der Waals surface area contributed by atoms with Gasteiger partial charge < -0.3 is 24.5 Å². The third-order valence-corrected chi connectivity index (χ3v) is 2.82. The van der Waals surface area contributed by atoms with E-state index in [1.165, 1.54) is 20.4 Å². The Hall–Kier alpha value is -2.01. The topological polar surface area (TPSA) is 135 Å². The average molecular weight is 317 g/mol. The molecule has 3 N–H and O–H groups in total. The van der Waals surface area contributed by atoms with Crippen LogP contribution in [0.15, 0.2) is 27.0 Å². The highest BCUT2D eigenvalue weighted by molar-refractivity contribution is 5.91. The molecule has 0 spiro atoms. The molecule has 0 amide bonds. The second kappa shape index (κ2) is 9.10. The molecule has 10 heteroatoms. The molecule has 0 saturated carbocycles. The second-order valence-electron chi connectivity index (χ2n) is 4.17. The van der Waals surface area contributed by atoms with E-state index in [9.17, 15) is 19.9 Å². The number of aromatic amines is 1. The van der Waals surface area contributed by atoms with Crippen LogP contribution >= 0.6 is 0 Å². The first-order valence-electron chi connectivity index (χ1n) is 6.36. The van der Waals surface area contributed by atoms with E-state index < -0.39 is 30.2 Å². The van der Waals surface area contributed by atoms with Gasteiger partial charge in [0.05, 0.1) is 19.8 Å². The number of aromatic nitrogens is 2. The Bertz CT molecular complexity index is 591. The van der Waals surface area contributed by atoms with E-state index in [4.69, 9.17) is 14.2 Å². The number of hydrogen-bond donors (Lipinski definition) is 3. The summed E-state index contributed by atoms with van der Waals surface area (Å²) in [7, 11) is 2.77. The van der Waals surface area contributed by atoms with Crippen LogP contribution in [0.5, 0.6) is 0 Å². The molecular formula is C12H19N3O7. The SMILES string of the molecule is COCCO[C@H](/C(=N\O)[C@@H](CO)OC)n1ccc(=O)[nH]c1=O. The summed E-state index contributed by atoms with van der Waals surface area (Å²) in [6.45, 7) is -0.185. The van der Waals surface area contributed by atoms with Crippen LogP contribution in [-0.4, -0.2) is 65.7 Å². The van der Waals surface area contributed by atoms with Crippen molar-refractivity contribution in [2.75, 3.05) is 34.0 Å². The zero-order valence-corrected chi connectivity index (χ0v) is 12.3. The fourth-order valence-corrected chi connectivity index (χ4v) is 1.72. The van der Waals surface area contributed by atoms with E-state index in [0.717, 1.165) is 10.6 Å². The summed E-state index contributed by atoms with van der Waals surface area (Å²) in [5.41, 5.74) is -1.47. The van der Waals surface area contributed by atoms with Gasteiger partial charge in [0.2, 0.25) is 0 Å². The molecule has 124 valence electrons. The summed E-state index contributed by atoms with van der Waals surface area (Å²) in [6, 6.07) is 1.11. The first-order chi connectivity index (χ1) is 10.6. The van der Waals surface area contributed by atoms with Gasteiger partial charge in [-0.25, -0.2) is 4.79 Å². The Kier molecular flexibility index (Phi) is 7.46. The van der Waals surface area contributed by atoms with Gasteiger partial charge in [-0.3, -0.25) is 14.3 Å². The Morgan fingerprint density at radius 3 is 2.64 bits per heavy atom. The van der Waals surface area contributed by atoms with Crippen molar-refractivity contribution in [1.82, 2.24) is 9.55 Å². The molecule has 0 saturated heterocycles. The first-order valence-corrected chi connectivity index (χ1v) is 6.36. The van der Waals surface area contributed by atoms with Crippen LogP contribution in [0.2, 0.25) is 0 Å². The van der Waals surface area contributed by atoms with Gasteiger partial charge in [0.15, 0.2) is 6.23 Å². The molecule has 22 heavy (non-hydrogen) atoms. The fourth-order valence-electron chi connectivity index (χ4n) is 1.72. The minimum atomic E-state index is -1.18. The Morgan fingerprint density at radius 1 is 1.41 bits per heavy atom. The number of aliphatic hydroxyl groups excluding tert-OH is 1. The van der Waals surface area contributed by atoms with Gasteiger partial charge in [-0.15, -0.1) is 0 Å². The van der Waals surface area contributed by atoms with Crippen molar-refractivity contribution in [3.63, 3.8) is 0 Å². The summed E-state index contributed by atoms with van der Waals surface area (Å²) < 4.78 is 16.3. The van der Waals surface area contributed by atoms with Crippen LogP contribution in [-0.2, 0) is 14.2 Å². The van der Waals surface area contributed by atoms with Gasteiger partial charge in [-0.05, 0) is 0 Å². The van der Waals surface area contributed by atoms with Crippen molar-refractivity contribution < 1.29 is 24.5 Å². The van der Waals surface area contributed by atoms with Crippen molar-refractivity contribution in [2.24, 2.45) is 5.16 Å². The van der Waals surface area contributed by atoms with Gasteiger partial charge in [-0.1, -0.05) is 5.16 Å². The number of nitrogens with one attached hydrogen (secondary N) is 1. The summed E-state index contributed by atoms with van der Waals surface area (Å²) in [4.78, 5) is 25.1. The maximum absolute atomic E-state index is 11.9. The standard InChI is InChI=1S/C12H19N3O7/c1-20-5-6-22-11(10(14-19)8(7-16)21-2)15-4-3-9(17)13-12(15)18/h3-4,8,11,16,19H,5-7H2,1-2H3,(H,13,17,18)/b14-10-/t8-,11-/m1/s1. The molecule has 2 atom stereocenters. The van der Waals surface area contributed by atoms with Crippen molar-refractivity contribution >= 4 is 5.71 Å². The molecular weight excluding hydrogens is 298 g/mol. The molecule has 0 radical (unpaired) electrons. The van der Waals surface area contributed by atoms with E-state index in [1.807, 2.05) is 0 Å². The average Bonchev–Trinajstić information content (AvgIpc) is 2.51. The van der Waals surface area contributed by atoms with Gasteiger partial charge in [0.1, 0.15) is 11.8 Å². The Balaban J connectivity index is 3.21. The smallest absolute Gasteiger partial charge is 0.330 e. The molecule has 0 aliphatic rings. The zero-order chi connectivity index (χ0) is 16.5. The minimum Gasteiger partial charge on any atom is -0.411 e. The summed E-state index contributed by atoms with van der Waals surface area (Å²) >= 11 is 0. The van der Waals surface area contributed by atoms with E-state index in [2.05, 4.69) is 10.1 Å². The van der Waals surface area contributed by atoms with Gasteiger partial charge in [0.25, 0.3) is 5.56 Å². The maximum Gasteiger partial charge on any atom is 0.330 e. The lowest BCUT2D eigenvalue weighted by Gasteiger charge is -2.24. The first kappa shape index (κ1) is 18.0. The van der Waals surface area contributed by atoms with Gasteiger partial charge in [-0.2, -0.15) is 0 Å². The van der Waals surface area contributed by atoms with Crippen molar-refractivity contribution in [3.05, 3.63) is 33.1 Å².